The summed E-state index contributed by atoms with van der Waals surface area (Å²) in [7, 11) is 0. The number of carboxylic acids is 1. The van der Waals surface area contributed by atoms with Crippen LogP contribution in [0.2, 0.25) is 0 Å². The summed E-state index contributed by atoms with van der Waals surface area (Å²) in [4.78, 5) is 27.5. The van der Waals surface area contributed by atoms with E-state index < -0.39 is 12.0 Å². The van der Waals surface area contributed by atoms with E-state index >= 15 is 0 Å². The van der Waals surface area contributed by atoms with Crippen LogP contribution in [0, 0.1) is 6.92 Å². The van der Waals surface area contributed by atoms with Crippen LogP contribution in [0.25, 0.3) is 0 Å². The highest BCUT2D eigenvalue weighted by Gasteiger charge is 2.17. The fourth-order valence-electron chi connectivity index (χ4n) is 1.81. The molecule has 0 fully saturated rings. The van der Waals surface area contributed by atoms with Crippen molar-refractivity contribution in [1.29, 1.82) is 0 Å². The van der Waals surface area contributed by atoms with Crippen LogP contribution in [-0.2, 0) is 11.3 Å². The van der Waals surface area contributed by atoms with Gasteiger partial charge in [-0.2, -0.15) is 0 Å². The molecule has 0 spiro atoms. The number of aromatic nitrogens is 1. The summed E-state index contributed by atoms with van der Waals surface area (Å²) in [6.45, 7) is 1.85. The van der Waals surface area contributed by atoms with Gasteiger partial charge in [0, 0.05) is 4.88 Å². The van der Waals surface area contributed by atoms with Crippen molar-refractivity contribution in [3.05, 3.63) is 51.5 Å². The van der Waals surface area contributed by atoms with Crippen molar-refractivity contribution in [1.82, 2.24) is 10.3 Å². The van der Waals surface area contributed by atoms with E-state index in [9.17, 15) is 9.59 Å². The van der Waals surface area contributed by atoms with Gasteiger partial charge in [-0.1, -0.05) is 30.3 Å². The van der Waals surface area contributed by atoms with Gasteiger partial charge in [0.25, 0.3) is 0 Å². The minimum atomic E-state index is -1.07. The van der Waals surface area contributed by atoms with Crippen LogP contribution in [0.3, 0.4) is 0 Å². The van der Waals surface area contributed by atoms with Crippen LogP contribution in [0.5, 0.6) is 0 Å². The van der Waals surface area contributed by atoms with Crippen molar-refractivity contribution in [3.63, 3.8) is 0 Å². The summed E-state index contributed by atoms with van der Waals surface area (Å²) in [5.41, 5.74) is 6.61. The van der Waals surface area contributed by atoms with E-state index in [2.05, 4.69) is 10.3 Å². The van der Waals surface area contributed by atoms with Crippen molar-refractivity contribution < 1.29 is 14.7 Å². The first-order valence-electron chi connectivity index (χ1n) is 6.27. The van der Waals surface area contributed by atoms with E-state index in [1.165, 1.54) is 11.3 Å². The number of carbonyl (C=O) groups is 2. The zero-order chi connectivity index (χ0) is 15.4. The van der Waals surface area contributed by atoms with Gasteiger partial charge in [0.15, 0.2) is 5.69 Å². The zero-order valence-electron chi connectivity index (χ0n) is 11.4. The minimum Gasteiger partial charge on any atom is -0.476 e. The maximum Gasteiger partial charge on any atom is 0.355 e. The van der Waals surface area contributed by atoms with Gasteiger partial charge < -0.3 is 16.2 Å². The number of amides is 1. The molecular weight excluding hydrogens is 290 g/mol. The fourth-order valence-corrected chi connectivity index (χ4v) is 2.67. The van der Waals surface area contributed by atoms with E-state index in [0.717, 1.165) is 5.56 Å². The second-order valence-electron chi connectivity index (χ2n) is 4.42. The maximum atomic E-state index is 12.0. The number of hydrogen-bond acceptors (Lipinski definition) is 5. The Hall–Kier alpha value is -2.25. The third kappa shape index (κ3) is 3.65. The maximum absolute atomic E-state index is 12.0. The number of nitrogens with zero attached hydrogens (tertiary/aromatic N) is 1. The number of aromatic carboxylic acids is 1. The van der Waals surface area contributed by atoms with Crippen LogP contribution in [-0.4, -0.2) is 22.0 Å². The second kappa shape index (κ2) is 6.47. The molecular formula is C14H15N3O3S. The fraction of sp³-hybridized carbons (Fsp3) is 0.214. The van der Waals surface area contributed by atoms with Crippen LogP contribution >= 0.6 is 11.3 Å². The molecule has 6 nitrogen and oxygen atoms in total. The molecule has 1 heterocycles. The van der Waals surface area contributed by atoms with Crippen LogP contribution in [0.1, 0.15) is 32.0 Å². The number of benzene rings is 1. The Labute approximate surface area is 125 Å². The van der Waals surface area contributed by atoms with Crippen LogP contribution < -0.4 is 11.1 Å². The van der Waals surface area contributed by atoms with Gasteiger partial charge in [-0.25, -0.2) is 9.78 Å². The van der Waals surface area contributed by atoms with E-state index in [4.69, 9.17) is 10.8 Å². The number of nitrogens with one attached hydrogen (secondary N) is 1. The Morgan fingerprint density at radius 2 is 2.05 bits per heavy atom. The Balaban J connectivity index is 1.98. The lowest BCUT2D eigenvalue weighted by molar-refractivity contribution is -0.122. The molecule has 2 aromatic rings. The van der Waals surface area contributed by atoms with E-state index in [1.807, 2.05) is 18.2 Å². The molecule has 2 rings (SSSR count). The van der Waals surface area contributed by atoms with E-state index in [-0.39, 0.29) is 18.1 Å². The standard InChI is InChI=1S/C14H15N3O3S/c1-8-12(14(19)20)17-10(21-8)7-16-13(18)11(15)9-5-3-2-4-6-9/h2-6,11H,7,15H2,1H3,(H,16,18)(H,19,20)/t11-/m1/s1. The summed E-state index contributed by atoms with van der Waals surface area (Å²) >= 11 is 1.24. The van der Waals surface area contributed by atoms with Gasteiger partial charge in [-0.3, -0.25) is 4.79 Å². The molecule has 0 bridgehead atoms. The summed E-state index contributed by atoms with van der Waals surface area (Å²) in [6.07, 6.45) is 0. The van der Waals surface area contributed by atoms with Gasteiger partial charge in [0.05, 0.1) is 6.54 Å². The smallest absolute Gasteiger partial charge is 0.355 e. The lowest BCUT2D eigenvalue weighted by Crippen LogP contribution is -2.33. The summed E-state index contributed by atoms with van der Waals surface area (Å²) < 4.78 is 0. The number of carboxylic acid groups (broad SMARTS) is 1. The highest BCUT2D eigenvalue weighted by molar-refractivity contribution is 7.11. The van der Waals surface area contributed by atoms with Gasteiger partial charge in [-0.15, -0.1) is 11.3 Å². The molecule has 0 saturated carbocycles. The first-order chi connectivity index (χ1) is 9.99. The molecule has 21 heavy (non-hydrogen) atoms. The zero-order valence-corrected chi connectivity index (χ0v) is 12.2. The van der Waals surface area contributed by atoms with Gasteiger partial charge >= 0.3 is 5.97 Å². The topological polar surface area (TPSA) is 105 Å². The van der Waals surface area contributed by atoms with Gasteiger partial charge in [0.2, 0.25) is 5.91 Å². The average molecular weight is 305 g/mol. The molecule has 110 valence electrons. The normalized spacial score (nSPS) is 11.9. The van der Waals surface area contributed by atoms with Gasteiger partial charge in [-0.05, 0) is 12.5 Å². The predicted molar refractivity (Wildman–Crippen MR) is 79.0 cm³/mol. The number of rotatable bonds is 5. The number of hydrogen-bond donors (Lipinski definition) is 3. The molecule has 0 saturated heterocycles. The molecule has 0 radical (unpaired) electrons. The Morgan fingerprint density at radius 1 is 1.38 bits per heavy atom. The minimum absolute atomic E-state index is 0.0246. The Kier molecular flexibility index (Phi) is 4.66. The monoisotopic (exact) mass is 305 g/mol. The second-order valence-corrected chi connectivity index (χ2v) is 5.71. The third-order valence-corrected chi connectivity index (χ3v) is 3.87. The molecule has 4 N–H and O–H groups in total. The molecule has 0 aliphatic heterocycles. The van der Waals surface area contributed by atoms with Crippen LogP contribution in [0.15, 0.2) is 30.3 Å². The first kappa shape index (κ1) is 15.1. The Morgan fingerprint density at radius 3 is 2.62 bits per heavy atom. The molecule has 0 unspecified atom stereocenters. The van der Waals surface area contributed by atoms with Crippen molar-refractivity contribution in [2.24, 2.45) is 5.73 Å². The lowest BCUT2D eigenvalue weighted by Gasteiger charge is -2.11. The summed E-state index contributed by atoms with van der Waals surface area (Å²) in [5, 5.41) is 12.1. The largest absolute Gasteiger partial charge is 0.476 e. The number of aryl methyl sites for hydroxylation is 1. The molecule has 0 aliphatic carbocycles. The number of nitrogens with two attached hydrogens (primary N) is 1. The molecule has 1 aromatic carbocycles. The van der Waals surface area contributed by atoms with Crippen LogP contribution in [0.4, 0.5) is 0 Å². The van der Waals surface area contributed by atoms with Crippen molar-refractivity contribution >= 4 is 23.2 Å². The third-order valence-electron chi connectivity index (χ3n) is 2.90. The Bertz CT molecular complexity index is 655. The van der Waals surface area contributed by atoms with Crippen molar-refractivity contribution in [3.8, 4) is 0 Å². The average Bonchev–Trinajstić information content (AvgIpc) is 2.86. The molecule has 1 aromatic heterocycles. The van der Waals surface area contributed by atoms with E-state index in [0.29, 0.717) is 9.88 Å². The lowest BCUT2D eigenvalue weighted by atomic mass is 10.1. The predicted octanol–water partition coefficient (Wildman–Crippen LogP) is 1.47. The van der Waals surface area contributed by atoms with E-state index in [1.54, 1.807) is 19.1 Å². The number of carbonyl (C=O) groups excluding carboxylic acids is 1. The molecule has 1 atom stereocenters. The first-order valence-corrected chi connectivity index (χ1v) is 7.08. The highest BCUT2D eigenvalue weighted by atomic mass is 32.1. The summed E-state index contributed by atoms with van der Waals surface area (Å²) in [5.74, 6) is -1.40. The SMILES string of the molecule is Cc1sc(CNC(=O)[C@H](N)c2ccccc2)nc1C(=O)O. The number of thiazole rings is 1. The molecule has 0 aliphatic rings. The molecule has 7 heteroatoms. The molecule has 1 amide bonds. The quantitative estimate of drug-likeness (QED) is 0.775. The van der Waals surface area contributed by atoms with Crippen molar-refractivity contribution in [2.75, 3.05) is 0 Å². The van der Waals surface area contributed by atoms with Gasteiger partial charge in [0.1, 0.15) is 11.0 Å². The van der Waals surface area contributed by atoms with Crippen molar-refractivity contribution in [2.45, 2.75) is 19.5 Å². The summed E-state index contributed by atoms with van der Waals surface area (Å²) in [6, 6.07) is 8.27. The highest BCUT2D eigenvalue weighted by Crippen LogP contribution is 2.17.